The fourth-order valence-electron chi connectivity index (χ4n) is 0.706. The van der Waals surface area contributed by atoms with E-state index in [9.17, 15) is 0 Å². The third kappa shape index (κ3) is 19.7. The monoisotopic (exact) mass is 214 g/mol. The average Bonchev–Trinajstić information content (AvgIpc) is 2.18. The van der Waals surface area contributed by atoms with E-state index in [-0.39, 0.29) is 7.43 Å². The molecule has 0 spiro atoms. The smallest absolute Gasteiger partial charge is 0.0733 e. The lowest BCUT2D eigenvalue weighted by atomic mass is 9.96. The second-order valence-electron chi connectivity index (χ2n) is 3.69. The van der Waals surface area contributed by atoms with E-state index in [0.29, 0.717) is 6.54 Å². The summed E-state index contributed by atoms with van der Waals surface area (Å²) in [4.78, 5) is 7.62. The third-order valence-electron chi connectivity index (χ3n) is 2.33. The molecule has 0 rings (SSSR count). The molecular formula is C13H30N2. The Bertz CT molecular complexity index is 139. The third-order valence-corrected chi connectivity index (χ3v) is 2.33. The largest absolute Gasteiger partial charge is 0.299 e. The average molecular weight is 214 g/mol. The van der Waals surface area contributed by atoms with Crippen molar-refractivity contribution >= 4 is 12.4 Å². The lowest BCUT2D eigenvalue weighted by Crippen LogP contribution is -2.00. The van der Waals surface area contributed by atoms with Crippen molar-refractivity contribution in [2.75, 3.05) is 13.6 Å². The van der Waals surface area contributed by atoms with Crippen LogP contribution in [-0.4, -0.2) is 26.0 Å². The molecule has 0 bridgehead atoms. The molecule has 0 saturated heterocycles. The Morgan fingerprint density at radius 1 is 1.20 bits per heavy atom. The highest BCUT2D eigenvalue weighted by atomic mass is 14.7. The zero-order valence-electron chi connectivity index (χ0n) is 10.6. The standard InChI is InChI=1S/C7H16.C5H10N2.CH4/c1-5-7(4)6(2)3;1-3-7-5-4-6-2;/h6-7H,5H2,1-4H3;3-4H,5H2,1-2H3;1H4. The Balaban J connectivity index is -0.000000180. The molecule has 1 unspecified atom stereocenters. The van der Waals surface area contributed by atoms with Crippen molar-refractivity contribution < 1.29 is 0 Å². The van der Waals surface area contributed by atoms with Crippen LogP contribution in [0.3, 0.4) is 0 Å². The number of hydrogen-bond acceptors (Lipinski definition) is 2. The molecule has 0 heterocycles. The van der Waals surface area contributed by atoms with Crippen molar-refractivity contribution in [1.82, 2.24) is 0 Å². The molecule has 92 valence electrons. The van der Waals surface area contributed by atoms with Crippen LogP contribution in [0.15, 0.2) is 9.98 Å². The van der Waals surface area contributed by atoms with Gasteiger partial charge < -0.3 is 0 Å². The van der Waals surface area contributed by atoms with Gasteiger partial charge in [-0.1, -0.05) is 41.5 Å². The van der Waals surface area contributed by atoms with Crippen molar-refractivity contribution in [1.29, 1.82) is 0 Å². The van der Waals surface area contributed by atoms with Gasteiger partial charge in [0.25, 0.3) is 0 Å². The highest BCUT2D eigenvalue weighted by Crippen LogP contribution is 2.11. The summed E-state index contributed by atoms with van der Waals surface area (Å²) >= 11 is 0. The van der Waals surface area contributed by atoms with E-state index in [1.54, 1.807) is 19.5 Å². The lowest BCUT2D eigenvalue weighted by molar-refractivity contribution is 0.407. The Labute approximate surface area is 96.9 Å². The van der Waals surface area contributed by atoms with Gasteiger partial charge in [0.15, 0.2) is 0 Å². The van der Waals surface area contributed by atoms with Crippen LogP contribution < -0.4 is 0 Å². The van der Waals surface area contributed by atoms with Gasteiger partial charge in [0.2, 0.25) is 0 Å². The molecule has 0 radical (unpaired) electrons. The number of nitrogens with zero attached hydrogens (tertiary/aromatic N) is 2. The predicted octanol–water partition coefficient (Wildman–Crippen LogP) is 4.10. The van der Waals surface area contributed by atoms with Gasteiger partial charge in [-0.3, -0.25) is 9.98 Å². The molecule has 2 heteroatoms. The first-order chi connectivity index (χ1) is 6.59. The highest BCUT2D eigenvalue weighted by Gasteiger charge is 2.01. The van der Waals surface area contributed by atoms with Gasteiger partial charge >= 0.3 is 0 Å². The van der Waals surface area contributed by atoms with Crippen LogP contribution in [0.5, 0.6) is 0 Å². The topological polar surface area (TPSA) is 24.7 Å². The SMILES string of the molecule is C.CC=NCC=NC.CCC(C)C(C)C. The molecule has 0 aromatic rings. The van der Waals surface area contributed by atoms with Gasteiger partial charge in [-0.2, -0.15) is 0 Å². The molecule has 0 saturated carbocycles. The summed E-state index contributed by atoms with van der Waals surface area (Å²) in [5, 5.41) is 0. The summed E-state index contributed by atoms with van der Waals surface area (Å²) in [6, 6.07) is 0. The van der Waals surface area contributed by atoms with Crippen molar-refractivity contribution in [3.8, 4) is 0 Å². The van der Waals surface area contributed by atoms with E-state index in [1.165, 1.54) is 6.42 Å². The van der Waals surface area contributed by atoms with Crippen LogP contribution >= 0.6 is 0 Å². The molecule has 0 aliphatic carbocycles. The molecular weight excluding hydrogens is 184 g/mol. The Kier molecular flexibility index (Phi) is 20.9. The van der Waals surface area contributed by atoms with Crippen molar-refractivity contribution in [2.45, 2.75) is 48.5 Å². The first kappa shape index (κ1) is 19.8. The molecule has 0 fully saturated rings. The van der Waals surface area contributed by atoms with Crippen molar-refractivity contribution in [3.63, 3.8) is 0 Å². The van der Waals surface area contributed by atoms with Crippen LogP contribution in [0.2, 0.25) is 0 Å². The minimum atomic E-state index is 0. The van der Waals surface area contributed by atoms with Crippen molar-refractivity contribution in [3.05, 3.63) is 0 Å². The van der Waals surface area contributed by atoms with Gasteiger partial charge in [-0.25, -0.2) is 0 Å². The Hall–Kier alpha value is -0.660. The molecule has 0 N–H and O–H groups in total. The van der Waals surface area contributed by atoms with Crippen LogP contribution in [-0.2, 0) is 0 Å². The molecule has 0 amide bonds. The zero-order valence-corrected chi connectivity index (χ0v) is 10.6. The van der Waals surface area contributed by atoms with Gasteiger partial charge in [0.05, 0.1) is 6.54 Å². The second-order valence-corrected chi connectivity index (χ2v) is 3.69. The number of hydrogen-bond donors (Lipinski definition) is 0. The van der Waals surface area contributed by atoms with E-state index < -0.39 is 0 Å². The molecule has 0 aliphatic heterocycles. The minimum absolute atomic E-state index is 0. The quantitative estimate of drug-likeness (QED) is 0.629. The molecule has 1 atom stereocenters. The van der Waals surface area contributed by atoms with Crippen LogP contribution in [0.1, 0.15) is 48.5 Å². The second kappa shape index (κ2) is 15.8. The van der Waals surface area contributed by atoms with Crippen LogP contribution in [0, 0.1) is 11.8 Å². The normalized spacial score (nSPS) is 12.5. The summed E-state index contributed by atoms with van der Waals surface area (Å²) in [6.45, 7) is 11.7. The lowest BCUT2D eigenvalue weighted by Gasteiger charge is -2.10. The van der Waals surface area contributed by atoms with Gasteiger partial charge in [-0.05, 0) is 25.0 Å². The first-order valence-corrected chi connectivity index (χ1v) is 5.45. The zero-order chi connectivity index (χ0) is 11.4. The maximum absolute atomic E-state index is 3.89. The first-order valence-electron chi connectivity index (χ1n) is 5.45. The maximum atomic E-state index is 3.89. The van der Waals surface area contributed by atoms with Crippen LogP contribution in [0.4, 0.5) is 0 Å². The van der Waals surface area contributed by atoms with Gasteiger partial charge in [0.1, 0.15) is 0 Å². The van der Waals surface area contributed by atoms with E-state index in [0.717, 1.165) is 11.8 Å². The molecule has 0 aliphatic rings. The number of aliphatic imine (C=N–C) groups is 2. The summed E-state index contributed by atoms with van der Waals surface area (Å²) < 4.78 is 0. The summed E-state index contributed by atoms with van der Waals surface area (Å²) in [5.74, 6) is 1.77. The fraction of sp³-hybridized carbons (Fsp3) is 0.846. The predicted molar refractivity (Wildman–Crippen MR) is 74.5 cm³/mol. The van der Waals surface area contributed by atoms with Gasteiger partial charge in [-0.15, -0.1) is 0 Å². The Morgan fingerprint density at radius 2 is 1.73 bits per heavy atom. The minimum Gasteiger partial charge on any atom is -0.299 e. The Morgan fingerprint density at radius 3 is 1.93 bits per heavy atom. The molecule has 0 aromatic heterocycles. The summed E-state index contributed by atoms with van der Waals surface area (Å²) in [6.07, 6.45) is 4.85. The van der Waals surface area contributed by atoms with Gasteiger partial charge in [0, 0.05) is 13.3 Å². The van der Waals surface area contributed by atoms with Crippen LogP contribution in [0.25, 0.3) is 0 Å². The van der Waals surface area contributed by atoms with E-state index in [2.05, 4.69) is 37.7 Å². The highest BCUT2D eigenvalue weighted by molar-refractivity contribution is 5.63. The van der Waals surface area contributed by atoms with Crippen molar-refractivity contribution in [2.24, 2.45) is 21.8 Å². The fourth-order valence-corrected chi connectivity index (χ4v) is 0.706. The molecule has 15 heavy (non-hydrogen) atoms. The molecule has 0 aromatic carbocycles. The molecule has 2 nitrogen and oxygen atoms in total. The van der Waals surface area contributed by atoms with E-state index >= 15 is 0 Å². The summed E-state index contributed by atoms with van der Waals surface area (Å²) in [5.41, 5.74) is 0. The summed E-state index contributed by atoms with van der Waals surface area (Å²) in [7, 11) is 1.74. The number of rotatable bonds is 4. The van der Waals surface area contributed by atoms with E-state index in [4.69, 9.17) is 0 Å². The van der Waals surface area contributed by atoms with E-state index in [1.807, 2.05) is 6.92 Å². The maximum Gasteiger partial charge on any atom is 0.0733 e.